The van der Waals surface area contributed by atoms with Crippen molar-refractivity contribution >= 4 is 39.9 Å². The third-order valence-corrected chi connectivity index (χ3v) is 8.65. The van der Waals surface area contributed by atoms with Crippen molar-refractivity contribution in [1.29, 1.82) is 0 Å². The molecular formula is C31H25ClF3N3O2S. The van der Waals surface area contributed by atoms with E-state index >= 15 is 0 Å². The molecule has 2 aromatic heterocycles. The molecule has 1 N–H and O–H groups in total. The highest BCUT2D eigenvalue weighted by Gasteiger charge is 2.38. The van der Waals surface area contributed by atoms with Crippen LogP contribution in [-0.4, -0.2) is 31.8 Å². The summed E-state index contributed by atoms with van der Waals surface area (Å²) >= 11 is 7.92. The monoisotopic (exact) mass is 595 g/mol. The van der Waals surface area contributed by atoms with Crippen molar-refractivity contribution in [2.24, 2.45) is 0 Å². The summed E-state index contributed by atoms with van der Waals surface area (Å²) in [5.74, 6) is -0.796. The first-order valence-corrected chi connectivity index (χ1v) is 14.5. The maximum atomic E-state index is 10.6. The van der Waals surface area contributed by atoms with E-state index in [1.807, 2.05) is 18.3 Å². The highest BCUT2D eigenvalue weighted by Crippen LogP contribution is 2.45. The number of benzene rings is 3. The van der Waals surface area contributed by atoms with Gasteiger partial charge in [-0.05, 0) is 72.2 Å². The maximum Gasteiger partial charge on any atom is 0.490 e. The predicted molar refractivity (Wildman–Crippen MR) is 153 cm³/mol. The van der Waals surface area contributed by atoms with Crippen LogP contribution in [0, 0.1) is 0 Å². The van der Waals surface area contributed by atoms with Gasteiger partial charge in [0, 0.05) is 28.6 Å². The second-order valence-corrected chi connectivity index (χ2v) is 11.7. The maximum absolute atomic E-state index is 10.6. The smallest absolute Gasteiger partial charge is 0.475 e. The molecule has 210 valence electrons. The zero-order valence-electron chi connectivity index (χ0n) is 21.7. The number of fused-ring (bicyclic) bond motifs is 2. The number of aliphatic carboxylic acids is 1. The van der Waals surface area contributed by atoms with E-state index in [0.29, 0.717) is 12.0 Å². The number of imidazole rings is 1. The van der Waals surface area contributed by atoms with Crippen LogP contribution in [0.15, 0.2) is 78.3 Å². The molecule has 2 heterocycles. The van der Waals surface area contributed by atoms with E-state index in [4.69, 9.17) is 31.5 Å². The average molecular weight is 596 g/mol. The quantitative estimate of drug-likeness (QED) is 0.222. The average Bonchev–Trinajstić information content (AvgIpc) is 3.32. The van der Waals surface area contributed by atoms with E-state index in [9.17, 15) is 13.2 Å². The lowest BCUT2D eigenvalue weighted by molar-refractivity contribution is -0.192. The fourth-order valence-corrected chi connectivity index (χ4v) is 6.47. The second kappa shape index (κ2) is 10.9. The Bertz CT molecular complexity index is 1670. The topological polar surface area (TPSA) is 68.0 Å². The molecule has 0 aliphatic heterocycles. The number of thiazole rings is 1. The van der Waals surface area contributed by atoms with Gasteiger partial charge in [0.25, 0.3) is 0 Å². The Hall–Kier alpha value is -3.69. The molecule has 7 rings (SSSR count). The Balaban J connectivity index is 0.000000387. The number of hydrogen-bond acceptors (Lipinski definition) is 4. The van der Waals surface area contributed by atoms with Crippen molar-refractivity contribution in [3.05, 3.63) is 116 Å². The zero-order valence-corrected chi connectivity index (χ0v) is 23.3. The van der Waals surface area contributed by atoms with Crippen LogP contribution in [0.5, 0.6) is 0 Å². The first-order chi connectivity index (χ1) is 19.7. The molecule has 2 aliphatic rings. The van der Waals surface area contributed by atoms with Crippen molar-refractivity contribution in [2.45, 2.75) is 49.7 Å². The van der Waals surface area contributed by atoms with Crippen LogP contribution in [-0.2, 0) is 17.6 Å². The highest BCUT2D eigenvalue weighted by atomic mass is 35.5. The summed E-state index contributed by atoms with van der Waals surface area (Å²) in [7, 11) is 0. The lowest BCUT2D eigenvalue weighted by Gasteiger charge is -2.19. The summed E-state index contributed by atoms with van der Waals surface area (Å²) in [4.78, 5) is 18.8. The van der Waals surface area contributed by atoms with Gasteiger partial charge in [0.15, 0.2) is 0 Å². The Morgan fingerprint density at radius 3 is 2.20 bits per heavy atom. The first-order valence-electron chi connectivity index (χ1n) is 13.2. The normalized spacial score (nSPS) is 15.8. The fourth-order valence-electron chi connectivity index (χ4n) is 5.55. The van der Waals surface area contributed by atoms with Gasteiger partial charge in [0.2, 0.25) is 0 Å². The van der Waals surface area contributed by atoms with E-state index in [-0.39, 0.29) is 5.92 Å². The van der Waals surface area contributed by atoms with Crippen LogP contribution < -0.4 is 0 Å². The van der Waals surface area contributed by atoms with E-state index in [0.717, 1.165) is 28.4 Å². The number of aromatic nitrogens is 3. The van der Waals surface area contributed by atoms with E-state index < -0.39 is 12.1 Å². The van der Waals surface area contributed by atoms with E-state index in [2.05, 4.69) is 64.5 Å². The molecule has 1 unspecified atom stereocenters. The van der Waals surface area contributed by atoms with E-state index in [1.165, 1.54) is 46.4 Å². The van der Waals surface area contributed by atoms with Crippen molar-refractivity contribution in [1.82, 2.24) is 14.5 Å². The minimum atomic E-state index is -5.08. The highest BCUT2D eigenvalue weighted by molar-refractivity contribution is 7.09. The van der Waals surface area contributed by atoms with Crippen LogP contribution in [0.4, 0.5) is 13.2 Å². The number of alkyl halides is 3. The molecule has 1 fully saturated rings. The summed E-state index contributed by atoms with van der Waals surface area (Å²) in [5.41, 5.74) is 7.79. The minimum Gasteiger partial charge on any atom is -0.475 e. The molecule has 2 aliphatic carbocycles. The molecule has 0 spiro atoms. The van der Waals surface area contributed by atoms with Crippen LogP contribution >= 0.6 is 22.9 Å². The lowest BCUT2D eigenvalue weighted by Crippen LogP contribution is -2.21. The standard InChI is InChI=1S/C29H24ClN3S.C2HF3O2/c30-23-10-7-18(8-11-23)27(29-31-13-14-34-29)22-9-12-25-26(17-22)33(28(32-25)19-5-6-19)24-15-20-3-1-2-4-21(20)16-24;3-2(4,5)1(6)7/h1-4,7-14,17,19,24,27H,5-6,15-16H2;(H,6,7). The fraction of sp³-hybridized carbons (Fsp3) is 0.258. The van der Waals surface area contributed by atoms with Gasteiger partial charge in [0.05, 0.1) is 17.0 Å². The van der Waals surface area contributed by atoms with Gasteiger partial charge < -0.3 is 9.67 Å². The summed E-state index contributed by atoms with van der Waals surface area (Å²) in [5, 5.41) is 11.0. The Labute approximate surface area is 243 Å². The van der Waals surface area contributed by atoms with Gasteiger partial charge in [-0.3, -0.25) is 0 Å². The minimum absolute atomic E-state index is 0.0789. The van der Waals surface area contributed by atoms with Crippen LogP contribution in [0.3, 0.4) is 0 Å². The molecule has 3 aromatic carbocycles. The molecular weight excluding hydrogens is 571 g/mol. The van der Waals surface area contributed by atoms with Gasteiger partial charge in [-0.15, -0.1) is 11.3 Å². The second-order valence-electron chi connectivity index (χ2n) is 10.4. The van der Waals surface area contributed by atoms with Gasteiger partial charge >= 0.3 is 12.1 Å². The number of nitrogens with zero attached hydrogens (tertiary/aromatic N) is 3. The number of rotatable bonds is 5. The predicted octanol–water partition coefficient (Wildman–Crippen LogP) is 8.18. The molecule has 5 aromatic rings. The third-order valence-electron chi connectivity index (χ3n) is 7.56. The molecule has 5 nitrogen and oxygen atoms in total. The van der Waals surface area contributed by atoms with Crippen LogP contribution in [0.2, 0.25) is 5.02 Å². The van der Waals surface area contributed by atoms with Crippen molar-refractivity contribution in [3.63, 3.8) is 0 Å². The summed E-state index contributed by atoms with van der Waals surface area (Å²) in [6.07, 6.45) is 1.48. The largest absolute Gasteiger partial charge is 0.490 e. The first kappa shape index (κ1) is 27.5. The molecule has 10 heteroatoms. The van der Waals surface area contributed by atoms with E-state index in [1.54, 1.807) is 11.3 Å². The molecule has 1 saturated carbocycles. The lowest BCUT2D eigenvalue weighted by atomic mass is 9.91. The van der Waals surface area contributed by atoms with Gasteiger partial charge in [-0.2, -0.15) is 13.2 Å². The number of carbonyl (C=O) groups is 1. The van der Waals surface area contributed by atoms with Crippen molar-refractivity contribution in [2.75, 3.05) is 0 Å². The summed E-state index contributed by atoms with van der Waals surface area (Å²) in [6.45, 7) is 0. The van der Waals surface area contributed by atoms with Crippen molar-refractivity contribution in [3.8, 4) is 0 Å². The number of halogens is 4. The molecule has 0 saturated heterocycles. The summed E-state index contributed by atoms with van der Waals surface area (Å²) < 4.78 is 34.3. The van der Waals surface area contributed by atoms with Crippen LogP contribution in [0.1, 0.15) is 63.8 Å². The molecule has 0 bridgehead atoms. The Morgan fingerprint density at radius 2 is 1.63 bits per heavy atom. The number of carboxylic acids is 1. The molecule has 0 radical (unpaired) electrons. The number of carboxylic acid groups (broad SMARTS) is 1. The SMILES string of the molecule is Clc1ccc(C(c2ccc3nc(C4CC4)n(C4Cc5ccccc5C4)c3c2)c2nccs2)cc1.O=C(O)C(F)(F)F. The van der Waals surface area contributed by atoms with Crippen molar-refractivity contribution < 1.29 is 23.1 Å². The third kappa shape index (κ3) is 5.74. The Morgan fingerprint density at radius 1 is 1.00 bits per heavy atom. The molecule has 41 heavy (non-hydrogen) atoms. The molecule has 0 amide bonds. The zero-order chi connectivity index (χ0) is 28.7. The Kier molecular flexibility index (Phi) is 7.34. The van der Waals surface area contributed by atoms with Gasteiger partial charge in [-0.1, -0.05) is 54.1 Å². The van der Waals surface area contributed by atoms with Crippen LogP contribution in [0.25, 0.3) is 11.0 Å². The number of hydrogen-bond donors (Lipinski definition) is 1. The molecule has 1 atom stereocenters. The van der Waals surface area contributed by atoms with Gasteiger partial charge in [0.1, 0.15) is 10.8 Å². The van der Waals surface area contributed by atoms with Gasteiger partial charge in [-0.25, -0.2) is 14.8 Å². The summed E-state index contributed by atoms with van der Waals surface area (Å²) in [6, 6.07) is 24.4.